The number of ether oxygens (including phenoxy) is 3. The van der Waals surface area contributed by atoms with Gasteiger partial charge in [0, 0.05) is 68.0 Å². The lowest BCUT2D eigenvalue weighted by Gasteiger charge is -2.32. The van der Waals surface area contributed by atoms with Gasteiger partial charge in [-0.1, -0.05) is 171 Å². The SMILES string of the molecule is CCC=CCC=CCC=CCC=CCC=CCCCC(=O)NCCSSCCNC(=O)CCNC(=O)[C@H](OC(=O)C=CC(=O)OC)C(C)(C)COC(=O)CCCC=CCC=CCC=CCC=CCC=CCC. The van der Waals surface area contributed by atoms with Gasteiger partial charge in [0.1, 0.15) is 6.61 Å². The molecule has 0 saturated carbocycles. The Hall–Kier alpha value is -5.34. The summed E-state index contributed by atoms with van der Waals surface area (Å²) < 4.78 is 15.5. The Morgan fingerprint density at radius 2 is 0.875 bits per heavy atom. The maximum absolute atomic E-state index is 13.4. The number of nitrogens with one attached hydrogen (secondary N) is 3. The zero-order valence-electron chi connectivity index (χ0n) is 44.0. The van der Waals surface area contributed by atoms with Gasteiger partial charge in [-0.15, -0.1) is 0 Å². The number of rotatable bonds is 43. The van der Waals surface area contributed by atoms with Crippen molar-refractivity contribution in [3.8, 4) is 0 Å². The van der Waals surface area contributed by atoms with E-state index in [4.69, 9.17) is 9.47 Å². The molecule has 0 radical (unpaired) electrons. The Kier molecular flexibility index (Phi) is 45.6. The molecule has 0 rings (SSSR count). The summed E-state index contributed by atoms with van der Waals surface area (Å²) >= 11 is 0. The van der Waals surface area contributed by atoms with Gasteiger partial charge in [-0.25, -0.2) is 9.59 Å². The summed E-state index contributed by atoms with van der Waals surface area (Å²) in [5, 5.41) is 8.42. The lowest BCUT2D eigenvalue weighted by atomic mass is 9.86. The first kappa shape index (κ1) is 66.7. The number of carbonyl (C=O) groups is 6. The molecule has 0 bridgehead atoms. The van der Waals surface area contributed by atoms with Crippen LogP contribution >= 0.6 is 21.6 Å². The molecule has 0 aliphatic heterocycles. The van der Waals surface area contributed by atoms with E-state index >= 15 is 0 Å². The van der Waals surface area contributed by atoms with Crippen LogP contribution in [0.5, 0.6) is 0 Å². The van der Waals surface area contributed by atoms with Crippen LogP contribution in [0.4, 0.5) is 0 Å². The van der Waals surface area contributed by atoms with Crippen molar-refractivity contribution in [2.45, 2.75) is 143 Å². The molecule has 14 heteroatoms. The van der Waals surface area contributed by atoms with Gasteiger partial charge in [-0.2, -0.15) is 0 Å². The van der Waals surface area contributed by atoms with Crippen molar-refractivity contribution in [3.63, 3.8) is 0 Å². The van der Waals surface area contributed by atoms with Gasteiger partial charge < -0.3 is 30.2 Å². The lowest BCUT2D eigenvalue weighted by Crippen LogP contribution is -2.49. The third kappa shape index (κ3) is 44.6. The summed E-state index contributed by atoms with van der Waals surface area (Å²) in [4.78, 5) is 74.8. The summed E-state index contributed by atoms with van der Waals surface area (Å²) in [5.74, 6) is -1.74. The molecule has 1 atom stereocenters. The van der Waals surface area contributed by atoms with Crippen molar-refractivity contribution in [2.24, 2.45) is 5.41 Å². The number of carbonyl (C=O) groups excluding carboxylic acids is 6. The van der Waals surface area contributed by atoms with Crippen LogP contribution in [0.3, 0.4) is 0 Å². The molecule has 0 aromatic heterocycles. The summed E-state index contributed by atoms with van der Waals surface area (Å²) in [6, 6.07) is 0. The van der Waals surface area contributed by atoms with Crippen molar-refractivity contribution in [1.82, 2.24) is 16.0 Å². The monoisotopic (exact) mass is 1030 g/mol. The number of esters is 3. The van der Waals surface area contributed by atoms with Crippen molar-refractivity contribution < 1.29 is 43.0 Å². The zero-order chi connectivity index (χ0) is 53.0. The van der Waals surface area contributed by atoms with Gasteiger partial charge in [0.15, 0.2) is 6.10 Å². The predicted molar refractivity (Wildman–Crippen MR) is 301 cm³/mol. The maximum Gasteiger partial charge on any atom is 0.331 e. The number of hydrogen-bond acceptors (Lipinski definition) is 11. The minimum absolute atomic E-state index is 0.0210. The number of hydrogen-bond donors (Lipinski definition) is 3. The van der Waals surface area contributed by atoms with E-state index < -0.39 is 35.3 Å². The van der Waals surface area contributed by atoms with E-state index in [0.29, 0.717) is 38.1 Å². The van der Waals surface area contributed by atoms with Crippen LogP contribution in [0.1, 0.15) is 137 Å². The molecule has 3 amide bonds. The zero-order valence-corrected chi connectivity index (χ0v) is 45.7. The van der Waals surface area contributed by atoms with Crippen molar-refractivity contribution >= 4 is 57.2 Å². The molecule has 0 aliphatic rings. The number of unbranched alkanes of at least 4 members (excludes halogenated alkanes) is 2. The van der Waals surface area contributed by atoms with E-state index in [0.717, 1.165) is 102 Å². The summed E-state index contributed by atoms with van der Waals surface area (Å²) in [6.45, 7) is 8.21. The summed E-state index contributed by atoms with van der Waals surface area (Å²) in [6.07, 6.45) is 56.4. The Morgan fingerprint density at radius 3 is 1.31 bits per heavy atom. The molecule has 400 valence electrons. The van der Waals surface area contributed by atoms with Crippen LogP contribution in [-0.2, 0) is 43.0 Å². The maximum atomic E-state index is 13.4. The number of allylic oxidation sites excluding steroid dienone is 20. The molecule has 0 fully saturated rings. The Morgan fingerprint density at radius 1 is 0.486 bits per heavy atom. The van der Waals surface area contributed by atoms with Gasteiger partial charge in [0.25, 0.3) is 5.91 Å². The highest BCUT2D eigenvalue weighted by Crippen LogP contribution is 2.25. The van der Waals surface area contributed by atoms with E-state index in [-0.39, 0.29) is 37.8 Å². The molecule has 72 heavy (non-hydrogen) atoms. The molecule has 0 aromatic carbocycles. The van der Waals surface area contributed by atoms with Crippen LogP contribution in [0.15, 0.2) is 134 Å². The highest BCUT2D eigenvalue weighted by atomic mass is 33.1. The third-order valence-electron chi connectivity index (χ3n) is 9.94. The van der Waals surface area contributed by atoms with E-state index in [1.807, 2.05) is 6.08 Å². The van der Waals surface area contributed by atoms with E-state index in [1.165, 1.54) is 0 Å². The fourth-order valence-electron chi connectivity index (χ4n) is 5.97. The summed E-state index contributed by atoms with van der Waals surface area (Å²) in [5.41, 5.74) is -1.17. The minimum Gasteiger partial charge on any atom is -0.466 e. The quantitative estimate of drug-likeness (QED) is 0.0133. The van der Waals surface area contributed by atoms with Crippen molar-refractivity contribution in [3.05, 3.63) is 134 Å². The molecular formula is C58H87N3O9S2. The molecule has 0 aliphatic carbocycles. The Balaban J connectivity index is 4.45. The number of methoxy groups -OCH3 is 1. The first-order valence-corrected chi connectivity index (χ1v) is 28.1. The van der Waals surface area contributed by atoms with E-state index in [2.05, 4.69) is 150 Å². The molecule has 0 unspecified atom stereocenters. The fourth-order valence-corrected chi connectivity index (χ4v) is 7.79. The van der Waals surface area contributed by atoms with Gasteiger partial charge in [-0.3, -0.25) is 19.2 Å². The van der Waals surface area contributed by atoms with Crippen LogP contribution in [0.25, 0.3) is 0 Å². The van der Waals surface area contributed by atoms with Gasteiger partial charge in [0.05, 0.1) is 7.11 Å². The Bertz CT molecular complexity index is 1840. The largest absolute Gasteiger partial charge is 0.466 e. The first-order chi connectivity index (χ1) is 35.0. The van der Waals surface area contributed by atoms with Gasteiger partial charge in [-0.05, 0) is 89.9 Å². The summed E-state index contributed by atoms with van der Waals surface area (Å²) in [7, 11) is 4.35. The van der Waals surface area contributed by atoms with E-state index in [9.17, 15) is 28.8 Å². The molecule has 0 saturated heterocycles. The highest BCUT2D eigenvalue weighted by Gasteiger charge is 2.39. The Labute approximate surface area is 441 Å². The molecule has 12 nitrogen and oxygen atoms in total. The van der Waals surface area contributed by atoms with Crippen molar-refractivity contribution in [2.75, 3.05) is 44.9 Å². The van der Waals surface area contributed by atoms with E-state index in [1.54, 1.807) is 35.4 Å². The topological polar surface area (TPSA) is 166 Å². The van der Waals surface area contributed by atoms with Crippen LogP contribution in [-0.4, -0.2) is 86.6 Å². The average Bonchev–Trinajstić information content (AvgIpc) is 3.36. The number of amides is 3. The molecule has 3 N–H and O–H groups in total. The molecule has 0 aromatic rings. The fraction of sp³-hybridized carbons (Fsp3) is 0.517. The lowest BCUT2D eigenvalue weighted by molar-refractivity contribution is -0.165. The molecule has 0 heterocycles. The second-order valence-corrected chi connectivity index (χ2v) is 19.6. The molecule has 0 spiro atoms. The predicted octanol–water partition coefficient (Wildman–Crippen LogP) is 12.2. The second-order valence-electron chi connectivity index (χ2n) is 16.9. The second kappa shape index (κ2) is 49.2. The molecular weight excluding hydrogens is 947 g/mol. The first-order valence-electron chi connectivity index (χ1n) is 25.6. The minimum atomic E-state index is -1.42. The standard InChI is InChI=1S/C58H87N3O9S2/c1-6-8-10-12-14-16-18-20-22-24-26-28-30-32-34-36-38-40-51(62)59-46-48-71-72-49-47-60-52(63)44-45-61-57(67)56(70-55(66)43-42-53(64)68-5)58(3,4)50-69-54(65)41-39-37-35-33-31-29-27-25-23-21-19-17-15-13-11-9-7-2/h8-11,14-17,20-23,26-29,32-35,42-43,56H,6-7,12-13,18-19,24-25,30-31,36-41,44-50H2,1-5H3,(H,59,62)(H,60,63)(H,61,67)/t56-/m0/s1. The third-order valence-corrected chi connectivity index (χ3v) is 12.3. The highest BCUT2D eigenvalue weighted by molar-refractivity contribution is 8.76. The van der Waals surface area contributed by atoms with Crippen LogP contribution in [0, 0.1) is 5.41 Å². The van der Waals surface area contributed by atoms with Crippen molar-refractivity contribution in [1.29, 1.82) is 0 Å². The normalized spacial score (nSPS) is 13.0. The smallest absolute Gasteiger partial charge is 0.331 e. The van der Waals surface area contributed by atoms with Crippen LogP contribution in [0.2, 0.25) is 0 Å². The van der Waals surface area contributed by atoms with Gasteiger partial charge >= 0.3 is 17.9 Å². The average molecular weight is 1030 g/mol. The van der Waals surface area contributed by atoms with Crippen LogP contribution < -0.4 is 16.0 Å². The van der Waals surface area contributed by atoms with Gasteiger partial charge in [0.2, 0.25) is 11.8 Å².